The minimum absolute atomic E-state index is 0.101. The van der Waals surface area contributed by atoms with Gasteiger partial charge in [-0.25, -0.2) is 0 Å². The van der Waals surface area contributed by atoms with Crippen LogP contribution in [0.4, 0.5) is 0 Å². The maximum atomic E-state index is 11.8. The van der Waals surface area contributed by atoms with Crippen molar-refractivity contribution >= 4 is 5.91 Å². The Balaban J connectivity index is 1.77. The zero-order valence-corrected chi connectivity index (χ0v) is 14.8. The van der Waals surface area contributed by atoms with Crippen molar-refractivity contribution < 1.29 is 18.8 Å². The number of likely N-dealkylation sites (tertiary alicyclic amines) is 1. The smallest absolute Gasteiger partial charge is 0.229 e. The summed E-state index contributed by atoms with van der Waals surface area (Å²) >= 11 is 0. The Kier molecular flexibility index (Phi) is 5.21. The van der Waals surface area contributed by atoms with Crippen molar-refractivity contribution in [3.8, 4) is 22.9 Å². The molecule has 7 heteroatoms. The van der Waals surface area contributed by atoms with Gasteiger partial charge in [0.05, 0.1) is 14.2 Å². The first kappa shape index (κ1) is 17.3. The van der Waals surface area contributed by atoms with Crippen LogP contribution >= 0.6 is 0 Å². The lowest BCUT2D eigenvalue weighted by atomic mass is 9.99. The van der Waals surface area contributed by atoms with Gasteiger partial charge in [-0.05, 0) is 37.5 Å². The number of ether oxygens (including phenoxy) is 2. The van der Waals surface area contributed by atoms with Crippen LogP contribution in [0.15, 0.2) is 22.7 Å². The lowest BCUT2D eigenvalue weighted by Gasteiger charge is -2.34. The fraction of sp³-hybridized carbons (Fsp3) is 0.500. The Labute approximate surface area is 146 Å². The van der Waals surface area contributed by atoms with E-state index in [1.807, 2.05) is 23.1 Å². The second-order valence-corrected chi connectivity index (χ2v) is 6.15. The van der Waals surface area contributed by atoms with E-state index in [1.54, 1.807) is 21.1 Å². The van der Waals surface area contributed by atoms with Crippen molar-refractivity contribution in [2.45, 2.75) is 38.6 Å². The van der Waals surface area contributed by atoms with Crippen LogP contribution in [0.2, 0.25) is 0 Å². The van der Waals surface area contributed by atoms with Crippen LogP contribution in [-0.2, 0) is 11.2 Å². The summed E-state index contributed by atoms with van der Waals surface area (Å²) in [6.45, 7) is 2.41. The fourth-order valence-electron chi connectivity index (χ4n) is 3.26. The maximum absolute atomic E-state index is 11.8. The zero-order valence-electron chi connectivity index (χ0n) is 14.8. The molecule has 2 aromatic rings. The van der Waals surface area contributed by atoms with E-state index in [-0.39, 0.29) is 11.9 Å². The summed E-state index contributed by atoms with van der Waals surface area (Å²) in [5.41, 5.74) is 0.791. The summed E-state index contributed by atoms with van der Waals surface area (Å²) < 4.78 is 16.0. The number of aromatic nitrogens is 2. The third-order valence-corrected chi connectivity index (χ3v) is 4.55. The quantitative estimate of drug-likeness (QED) is 0.829. The van der Waals surface area contributed by atoms with Crippen molar-refractivity contribution in [3.63, 3.8) is 0 Å². The predicted octanol–water partition coefficient (Wildman–Crippen LogP) is 2.70. The van der Waals surface area contributed by atoms with Crippen LogP contribution in [0, 0.1) is 0 Å². The molecule has 1 atom stereocenters. The van der Waals surface area contributed by atoms with Gasteiger partial charge in [-0.1, -0.05) is 5.16 Å². The number of methoxy groups -OCH3 is 2. The van der Waals surface area contributed by atoms with Crippen LogP contribution in [0.1, 0.15) is 32.1 Å². The summed E-state index contributed by atoms with van der Waals surface area (Å²) in [6, 6.07) is 5.61. The number of nitrogens with zero attached hydrogens (tertiary/aromatic N) is 3. The average molecular weight is 345 g/mol. The molecule has 134 valence electrons. The summed E-state index contributed by atoms with van der Waals surface area (Å²) in [4.78, 5) is 18.2. The molecule has 0 spiro atoms. The first-order valence-corrected chi connectivity index (χ1v) is 8.44. The van der Waals surface area contributed by atoms with Gasteiger partial charge in [-0.2, -0.15) is 4.98 Å². The molecule has 1 amide bonds. The van der Waals surface area contributed by atoms with E-state index in [1.165, 1.54) is 0 Å². The van der Waals surface area contributed by atoms with E-state index in [2.05, 4.69) is 10.1 Å². The molecule has 1 aliphatic heterocycles. The molecule has 1 saturated heterocycles. The highest BCUT2D eigenvalue weighted by Gasteiger charge is 2.26. The standard InChI is InChI=1S/C18H23N3O4/c1-12(22)21-9-5-4-6-14(21)11-17-19-18(20-25-17)13-7-8-15(23-2)16(10-13)24-3/h7-8,10,14H,4-6,9,11H2,1-3H3/t14-/m0/s1. The molecular formula is C18H23N3O4. The summed E-state index contributed by atoms with van der Waals surface area (Å²) in [5.74, 6) is 2.41. The first-order chi connectivity index (χ1) is 12.1. The number of benzene rings is 1. The number of carbonyl (C=O) groups is 1. The monoisotopic (exact) mass is 345 g/mol. The van der Waals surface area contributed by atoms with Gasteiger partial charge in [0.25, 0.3) is 0 Å². The van der Waals surface area contributed by atoms with Crippen molar-refractivity contribution in [3.05, 3.63) is 24.1 Å². The van der Waals surface area contributed by atoms with E-state index in [4.69, 9.17) is 14.0 Å². The molecule has 0 radical (unpaired) electrons. The van der Waals surface area contributed by atoms with E-state index >= 15 is 0 Å². The minimum Gasteiger partial charge on any atom is -0.493 e. The van der Waals surface area contributed by atoms with E-state index in [9.17, 15) is 4.79 Å². The van der Waals surface area contributed by atoms with E-state index in [0.29, 0.717) is 29.6 Å². The highest BCUT2D eigenvalue weighted by molar-refractivity contribution is 5.73. The number of carbonyl (C=O) groups excluding carboxylic acids is 1. The lowest BCUT2D eigenvalue weighted by Crippen LogP contribution is -2.43. The molecule has 0 N–H and O–H groups in total. The molecule has 1 aromatic heterocycles. The molecule has 2 heterocycles. The van der Waals surface area contributed by atoms with Gasteiger partial charge in [0, 0.05) is 31.5 Å². The molecule has 1 aromatic carbocycles. The Morgan fingerprint density at radius 1 is 1.28 bits per heavy atom. The maximum Gasteiger partial charge on any atom is 0.229 e. The van der Waals surface area contributed by atoms with Crippen LogP contribution in [0.3, 0.4) is 0 Å². The predicted molar refractivity (Wildman–Crippen MR) is 91.6 cm³/mol. The van der Waals surface area contributed by atoms with Crippen molar-refractivity contribution in [2.75, 3.05) is 20.8 Å². The van der Waals surface area contributed by atoms with Gasteiger partial charge in [-0.3, -0.25) is 4.79 Å². The summed E-state index contributed by atoms with van der Waals surface area (Å²) in [5, 5.41) is 4.07. The summed E-state index contributed by atoms with van der Waals surface area (Å²) in [6.07, 6.45) is 3.72. The Morgan fingerprint density at radius 3 is 2.80 bits per heavy atom. The number of piperidine rings is 1. The minimum atomic E-state index is 0.101. The highest BCUT2D eigenvalue weighted by atomic mass is 16.5. The molecule has 1 fully saturated rings. The molecule has 0 unspecified atom stereocenters. The highest BCUT2D eigenvalue weighted by Crippen LogP contribution is 2.31. The van der Waals surface area contributed by atoms with Gasteiger partial charge in [0.1, 0.15) is 0 Å². The van der Waals surface area contributed by atoms with Crippen molar-refractivity contribution in [1.29, 1.82) is 0 Å². The third kappa shape index (κ3) is 3.75. The number of hydrogen-bond donors (Lipinski definition) is 0. The molecular weight excluding hydrogens is 322 g/mol. The van der Waals surface area contributed by atoms with Crippen molar-refractivity contribution in [1.82, 2.24) is 15.0 Å². The van der Waals surface area contributed by atoms with Crippen molar-refractivity contribution in [2.24, 2.45) is 0 Å². The van der Waals surface area contributed by atoms with Gasteiger partial charge in [0.2, 0.25) is 17.6 Å². The molecule has 1 aliphatic rings. The van der Waals surface area contributed by atoms with Crippen LogP contribution in [0.25, 0.3) is 11.4 Å². The SMILES string of the molecule is COc1ccc(-c2noc(C[C@@H]3CCCCN3C(C)=O)n2)cc1OC. The third-order valence-electron chi connectivity index (χ3n) is 4.55. The topological polar surface area (TPSA) is 77.7 Å². The van der Waals surface area contributed by atoms with E-state index in [0.717, 1.165) is 31.4 Å². The normalized spacial score (nSPS) is 17.4. The van der Waals surface area contributed by atoms with Gasteiger partial charge < -0.3 is 18.9 Å². The van der Waals surface area contributed by atoms with Crippen LogP contribution < -0.4 is 9.47 Å². The molecule has 0 aliphatic carbocycles. The Morgan fingerprint density at radius 2 is 2.08 bits per heavy atom. The molecule has 0 bridgehead atoms. The lowest BCUT2D eigenvalue weighted by molar-refractivity contribution is -0.132. The number of rotatable bonds is 5. The molecule has 25 heavy (non-hydrogen) atoms. The largest absolute Gasteiger partial charge is 0.493 e. The zero-order chi connectivity index (χ0) is 17.8. The molecule has 3 rings (SSSR count). The molecule has 7 nitrogen and oxygen atoms in total. The fourth-order valence-corrected chi connectivity index (χ4v) is 3.26. The van der Waals surface area contributed by atoms with Crippen LogP contribution in [-0.4, -0.2) is 47.8 Å². The summed E-state index contributed by atoms with van der Waals surface area (Å²) in [7, 11) is 3.18. The molecule has 0 saturated carbocycles. The first-order valence-electron chi connectivity index (χ1n) is 8.44. The second kappa shape index (κ2) is 7.55. The second-order valence-electron chi connectivity index (χ2n) is 6.15. The number of amides is 1. The van der Waals surface area contributed by atoms with E-state index < -0.39 is 0 Å². The Hall–Kier alpha value is -2.57. The van der Waals surface area contributed by atoms with Gasteiger partial charge in [0.15, 0.2) is 11.5 Å². The average Bonchev–Trinajstić information content (AvgIpc) is 3.10. The Bertz CT molecular complexity index is 744. The van der Waals surface area contributed by atoms with Crippen LogP contribution in [0.5, 0.6) is 11.5 Å². The van der Waals surface area contributed by atoms with Gasteiger partial charge >= 0.3 is 0 Å². The number of hydrogen-bond acceptors (Lipinski definition) is 6. The van der Waals surface area contributed by atoms with Gasteiger partial charge in [-0.15, -0.1) is 0 Å².